The van der Waals surface area contributed by atoms with Crippen LogP contribution >= 0.6 is 0 Å². The summed E-state index contributed by atoms with van der Waals surface area (Å²) in [5.41, 5.74) is -0.636. The summed E-state index contributed by atoms with van der Waals surface area (Å²) in [6.07, 6.45) is 4.18. The normalized spacial score (nSPS) is 60.4. The van der Waals surface area contributed by atoms with Crippen LogP contribution in [0.25, 0.3) is 0 Å². The van der Waals surface area contributed by atoms with Crippen LogP contribution in [-0.2, 0) is 14.3 Å². The van der Waals surface area contributed by atoms with Crippen LogP contribution < -0.4 is 0 Å². The van der Waals surface area contributed by atoms with Gasteiger partial charge in [-0.05, 0) is 43.9 Å². The maximum absolute atomic E-state index is 11.9. The molecule has 20 heavy (non-hydrogen) atoms. The van der Waals surface area contributed by atoms with Crippen LogP contribution in [0.2, 0.25) is 0 Å². The molecule has 0 bridgehead atoms. The van der Waals surface area contributed by atoms with Gasteiger partial charge < -0.3 is 14.6 Å². The van der Waals surface area contributed by atoms with Gasteiger partial charge in [0.05, 0.1) is 29.8 Å². The number of carboxylic acid groups (broad SMARTS) is 1. The van der Waals surface area contributed by atoms with E-state index in [0.717, 1.165) is 19.3 Å². The lowest BCUT2D eigenvalue weighted by Gasteiger charge is -2.44. The van der Waals surface area contributed by atoms with E-state index in [2.05, 4.69) is 13.8 Å². The van der Waals surface area contributed by atoms with Crippen molar-refractivity contribution in [3.05, 3.63) is 0 Å². The zero-order valence-corrected chi connectivity index (χ0v) is 12.4. The summed E-state index contributed by atoms with van der Waals surface area (Å²) in [5.74, 6) is 0.887. The van der Waals surface area contributed by atoms with Crippen LogP contribution in [0.3, 0.4) is 0 Å². The largest absolute Gasteiger partial charge is 0.481 e. The number of hydrogen-bond acceptors (Lipinski definition) is 3. The minimum Gasteiger partial charge on any atom is -0.481 e. The predicted molar refractivity (Wildman–Crippen MR) is 72.2 cm³/mol. The zero-order valence-electron chi connectivity index (χ0n) is 12.4. The van der Waals surface area contributed by atoms with Gasteiger partial charge in [-0.25, -0.2) is 0 Å². The smallest absolute Gasteiger partial charge is 0.309 e. The Bertz CT molecular complexity index is 450. The number of aliphatic carboxylic acids is 1. The number of carbonyl (C=O) groups is 1. The summed E-state index contributed by atoms with van der Waals surface area (Å²) in [7, 11) is 0. The van der Waals surface area contributed by atoms with Gasteiger partial charge in [0.15, 0.2) is 0 Å². The summed E-state index contributed by atoms with van der Waals surface area (Å²) in [4.78, 5) is 11.9. The lowest BCUT2D eigenvalue weighted by Crippen LogP contribution is -2.49. The Balaban J connectivity index is 1.62. The highest BCUT2D eigenvalue weighted by molar-refractivity contribution is 5.75. The number of fused-ring (bicyclic) bond motifs is 2. The molecular weight excluding hydrogens is 256 g/mol. The Hall–Kier alpha value is -0.610. The number of carboxylic acids is 1. The third-order valence-corrected chi connectivity index (χ3v) is 6.35. The second-order valence-electron chi connectivity index (χ2n) is 7.84. The van der Waals surface area contributed by atoms with Gasteiger partial charge in [0.1, 0.15) is 0 Å². The molecule has 0 aromatic rings. The first-order valence-electron chi connectivity index (χ1n) is 7.96. The van der Waals surface area contributed by atoms with Gasteiger partial charge >= 0.3 is 5.97 Å². The van der Waals surface area contributed by atoms with E-state index in [1.807, 2.05) is 6.92 Å². The van der Waals surface area contributed by atoms with Gasteiger partial charge in [-0.3, -0.25) is 4.79 Å². The number of hydrogen-bond donors (Lipinski definition) is 1. The molecule has 2 aliphatic heterocycles. The molecule has 112 valence electrons. The van der Waals surface area contributed by atoms with Crippen molar-refractivity contribution in [2.45, 2.75) is 64.4 Å². The first-order valence-corrected chi connectivity index (χ1v) is 7.96. The van der Waals surface area contributed by atoms with Crippen molar-refractivity contribution in [2.75, 3.05) is 0 Å². The van der Waals surface area contributed by atoms with Gasteiger partial charge in [0.25, 0.3) is 0 Å². The third-order valence-electron chi connectivity index (χ3n) is 6.35. The average Bonchev–Trinajstić information content (AvgIpc) is 3.20. The average molecular weight is 280 g/mol. The molecule has 4 nitrogen and oxygen atoms in total. The van der Waals surface area contributed by atoms with Crippen molar-refractivity contribution in [3.8, 4) is 0 Å². The summed E-state index contributed by atoms with van der Waals surface area (Å²) < 4.78 is 11.6. The fourth-order valence-electron chi connectivity index (χ4n) is 5.33. The van der Waals surface area contributed by atoms with Crippen molar-refractivity contribution in [1.29, 1.82) is 0 Å². The van der Waals surface area contributed by atoms with Crippen molar-refractivity contribution in [2.24, 2.45) is 29.1 Å². The fraction of sp³-hybridized carbons (Fsp3) is 0.938. The van der Waals surface area contributed by atoms with E-state index in [9.17, 15) is 9.90 Å². The molecule has 4 aliphatic rings. The summed E-state index contributed by atoms with van der Waals surface area (Å²) in [5, 5.41) is 9.81. The molecule has 4 fully saturated rings. The molecule has 2 aliphatic carbocycles. The maximum Gasteiger partial charge on any atom is 0.309 e. The van der Waals surface area contributed by atoms with Crippen molar-refractivity contribution >= 4 is 5.97 Å². The molecule has 4 heteroatoms. The molecule has 0 aromatic heterocycles. The molecule has 0 spiro atoms. The van der Waals surface area contributed by atoms with E-state index in [0.29, 0.717) is 36.1 Å². The van der Waals surface area contributed by atoms with E-state index in [1.165, 1.54) is 0 Å². The molecule has 9 atom stereocenters. The van der Waals surface area contributed by atoms with E-state index < -0.39 is 11.4 Å². The lowest BCUT2D eigenvalue weighted by atomic mass is 9.57. The van der Waals surface area contributed by atoms with Crippen molar-refractivity contribution in [1.82, 2.24) is 0 Å². The maximum atomic E-state index is 11.9. The molecule has 2 saturated heterocycles. The Labute approximate surface area is 119 Å². The van der Waals surface area contributed by atoms with Gasteiger partial charge in [-0.15, -0.1) is 0 Å². The lowest BCUT2D eigenvalue weighted by molar-refractivity contribution is -0.156. The molecule has 1 N–H and O–H groups in total. The van der Waals surface area contributed by atoms with Crippen LogP contribution in [0, 0.1) is 29.1 Å². The second kappa shape index (κ2) is 3.98. The van der Waals surface area contributed by atoms with Crippen LogP contribution in [0.1, 0.15) is 40.0 Å². The molecule has 4 rings (SSSR count). The standard InChI is InChI=1S/C16H24O4/c1-7-4-9(5-10-12(7)19-10)11-14-13(20-14)8(2)6-16(11,3)15(17)18/h7-14H,4-6H2,1-3H3,(H,17,18). The first kappa shape index (κ1) is 13.1. The molecule has 2 saturated carbocycles. The van der Waals surface area contributed by atoms with Crippen LogP contribution in [0.15, 0.2) is 0 Å². The highest BCUT2D eigenvalue weighted by Crippen LogP contribution is 2.59. The van der Waals surface area contributed by atoms with Gasteiger partial charge in [-0.2, -0.15) is 0 Å². The Morgan fingerprint density at radius 3 is 2.50 bits per heavy atom. The molecule has 9 unspecified atom stereocenters. The van der Waals surface area contributed by atoms with Gasteiger partial charge in [0.2, 0.25) is 0 Å². The number of epoxide rings is 2. The Kier molecular flexibility index (Phi) is 2.60. The Morgan fingerprint density at radius 2 is 1.85 bits per heavy atom. The van der Waals surface area contributed by atoms with Gasteiger partial charge in [0, 0.05) is 5.92 Å². The van der Waals surface area contributed by atoms with E-state index >= 15 is 0 Å². The minimum atomic E-state index is -0.644. The molecule has 0 radical (unpaired) electrons. The van der Waals surface area contributed by atoms with Crippen molar-refractivity contribution < 1.29 is 19.4 Å². The molecule has 2 heterocycles. The summed E-state index contributed by atoms with van der Waals surface area (Å²) in [6, 6.07) is 0. The SMILES string of the molecule is CC1CC(C2C3OC3C(C)CC2(C)C(=O)O)CC2OC12. The topological polar surface area (TPSA) is 62.4 Å². The minimum absolute atomic E-state index is 0.161. The molecular formula is C16H24O4. The van der Waals surface area contributed by atoms with Crippen molar-refractivity contribution in [3.63, 3.8) is 0 Å². The summed E-state index contributed by atoms with van der Waals surface area (Å²) in [6.45, 7) is 6.32. The van der Waals surface area contributed by atoms with Gasteiger partial charge in [-0.1, -0.05) is 13.8 Å². The Morgan fingerprint density at radius 1 is 1.10 bits per heavy atom. The van der Waals surface area contributed by atoms with E-state index in [-0.39, 0.29) is 12.0 Å². The highest BCUT2D eigenvalue weighted by Gasteiger charge is 2.65. The highest BCUT2D eigenvalue weighted by atomic mass is 16.6. The quantitative estimate of drug-likeness (QED) is 0.788. The number of ether oxygens (including phenoxy) is 2. The number of rotatable bonds is 2. The van der Waals surface area contributed by atoms with E-state index in [1.54, 1.807) is 0 Å². The summed E-state index contributed by atoms with van der Waals surface area (Å²) >= 11 is 0. The monoisotopic (exact) mass is 280 g/mol. The predicted octanol–water partition coefficient (Wildman–Crippen LogP) is 2.31. The van der Waals surface area contributed by atoms with E-state index in [4.69, 9.17) is 9.47 Å². The van der Waals surface area contributed by atoms with Crippen LogP contribution in [0.5, 0.6) is 0 Å². The molecule has 0 amide bonds. The molecule has 0 aromatic carbocycles. The zero-order chi connectivity index (χ0) is 14.2. The first-order chi connectivity index (χ1) is 9.41. The van der Waals surface area contributed by atoms with Crippen LogP contribution in [0.4, 0.5) is 0 Å². The fourth-order valence-corrected chi connectivity index (χ4v) is 5.33. The second-order valence-corrected chi connectivity index (χ2v) is 7.84. The third kappa shape index (κ3) is 1.70. The van der Waals surface area contributed by atoms with Crippen LogP contribution in [-0.4, -0.2) is 35.5 Å².